The van der Waals surface area contributed by atoms with E-state index in [-0.39, 0.29) is 49.5 Å². The van der Waals surface area contributed by atoms with Crippen LogP contribution in [0.25, 0.3) is 32.7 Å². The quantitative estimate of drug-likeness (QED) is 0.0249. The van der Waals surface area contributed by atoms with E-state index in [4.69, 9.17) is 33.2 Å². The number of carbonyl (C=O) groups excluding carboxylic acids is 4. The molecule has 1 heterocycles. The van der Waals surface area contributed by atoms with Gasteiger partial charge in [0.2, 0.25) is 6.29 Å². The molecule has 1 aliphatic rings. The number of phenolic OH excluding ortho intramolecular Hbond substituents is 2. The predicted molar refractivity (Wildman–Crippen MR) is 241 cm³/mol. The number of hydrogen-bond acceptors (Lipinski definition) is 11. The molecule has 0 radical (unpaired) electrons. The molecule has 3 N–H and O–H groups in total. The van der Waals surface area contributed by atoms with Crippen molar-refractivity contribution < 1.29 is 70.5 Å². The number of rotatable bonds is 11. The van der Waals surface area contributed by atoms with E-state index in [9.17, 15) is 29.4 Å². The Balaban J connectivity index is 0.000000796. The Morgan fingerprint density at radius 2 is 1.28 bits per heavy atom. The molecule has 0 saturated carbocycles. The SMILES string of the molecule is C=CC(=C)C.C=CC(=C)C[C@@H](O)C(=O)OCC.CCOC(=O)C=O.CCOC(=O)[C@H]1CC(C)=CCO1.Oc1ccc2ccccc2c1-c1c(O)ccc2ccccc12.[Cl][Ti][Cl]. The molecular weight excluding hydrogens is 859 g/mol. The molecule has 5 rings (SSSR count). The molecule has 0 bridgehead atoms. The molecule has 1 aliphatic heterocycles. The molecule has 328 valence electrons. The molecule has 0 fully saturated rings. The number of aliphatic hydroxyl groups is 1. The second kappa shape index (κ2) is 32.7. The molecule has 0 amide bonds. The van der Waals surface area contributed by atoms with Crippen LogP contribution in [0, 0.1) is 0 Å². The molecule has 0 spiro atoms. The third kappa shape index (κ3) is 21.9. The zero-order valence-corrected chi connectivity index (χ0v) is 38.4. The molecule has 0 saturated heterocycles. The Hall–Kier alpha value is -5.01. The third-order valence-electron chi connectivity index (χ3n) is 7.88. The van der Waals surface area contributed by atoms with Crippen LogP contribution in [0.1, 0.15) is 47.5 Å². The van der Waals surface area contributed by atoms with E-state index in [2.05, 4.69) is 35.8 Å². The molecule has 4 aromatic carbocycles. The van der Waals surface area contributed by atoms with Crippen LogP contribution in [0.2, 0.25) is 0 Å². The van der Waals surface area contributed by atoms with Crippen molar-refractivity contribution in [2.24, 2.45) is 0 Å². The van der Waals surface area contributed by atoms with Gasteiger partial charge in [-0.2, -0.15) is 0 Å². The predicted octanol–water partition coefficient (Wildman–Crippen LogP) is 10.3. The van der Waals surface area contributed by atoms with Gasteiger partial charge < -0.3 is 34.3 Å². The topological polar surface area (TPSA) is 166 Å². The summed E-state index contributed by atoms with van der Waals surface area (Å²) in [5.74, 6) is -1.32. The second-order valence-corrected chi connectivity index (χ2v) is 15.1. The summed E-state index contributed by atoms with van der Waals surface area (Å²) < 4.78 is 18.8. The molecule has 11 nitrogen and oxygen atoms in total. The van der Waals surface area contributed by atoms with Gasteiger partial charge in [-0.15, -0.1) is 0 Å². The van der Waals surface area contributed by atoms with E-state index in [0.717, 1.165) is 27.1 Å². The summed E-state index contributed by atoms with van der Waals surface area (Å²) in [4.78, 5) is 41.3. The number of esters is 3. The summed E-state index contributed by atoms with van der Waals surface area (Å²) in [5, 5.41) is 33.9. The van der Waals surface area contributed by atoms with Crippen molar-refractivity contribution in [2.75, 3.05) is 26.4 Å². The van der Waals surface area contributed by atoms with E-state index in [1.165, 1.54) is 11.6 Å². The first-order chi connectivity index (χ1) is 29.1. The maximum absolute atomic E-state index is 11.2. The zero-order valence-electron chi connectivity index (χ0n) is 35.3. The standard InChI is InChI=1S/C20H14O2.2C9H14O3.C5H8.C4H6O3.2ClH.Ti/c21-17-11-9-13-5-1-3-7-15(13)19(17)20-16-8-4-2-6-14(16)10-12-18(20)22;1-3-11-9(10)8-6-7(2)4-5-12-8;1-4-7(3)6-8(10)9(11)12-5-2;1-4-5(2)3;1-2-7-4(6)3-5;;;/h1-12,21-22H;4,8H,3,5-6H2,1-2H3;4,8,10H,1,3,5-6H2,2H3;4H,1-2H2,3H3;3H,2H2,1H3;2*1H;/q;;;;;;;+2/p-2/t;2*8-;;;;;/m.11...../s1. The number of fused-ring (bicyclic) bond motifs is 2. The fourth-order valence-electron chi connectivity index (χ4n) is 5.00. The van der Waals surface area contributed by atoms with Gasteiger partial charge in [0.05, 0.1) is 26.4 Å². The van der Waals surface area contributed by atoms with Gasteiger partial charge >= 0.3 is 53.5 Å². The Morgan fingerprint density at radius 3 is 1.66 bits per heavy atom. The Morgan fingerprint density at radius 1 is 0.820 bits per heavy atom. The van der Waals surface area contributed by atoms with Crippen LogP contribution in [0.3, 0.4) is 0 Å². The zero-order chi connectivity index (χ0) is 46.3. The van der Waals surface area contributed by atoms with E-state index >= 15 is 0 Å². The number of benzene rings is 4. The fraction of sp³-hybridized carbons (Fsp3) is 0.277. The molecule has 2 atom stereocenters. The van der Waals surface area contributed by atoms with E-state index < -0.39 is 35.1 Å². The van der Waals surface area contributed by atoms with Crippen molar-refractivity contribution in [3.8, 4) is 22.6 Å². The minimum atomic E-state index is -1.12. The van der Waals surface area contributed by atoms with Crippen LogP contribution in [0.4, 0.5) is 0 Å². The number of hydrogen-bond donors (Lipinski definition) is 3. The molecule has 0 aliphatic carbocycles. The maximum atomic E-state index is 11.2. The van der Waals surface area contributed by atoms with Crippen molar-refractivity contribution in [1.82, 2.24) is 0 Å². The van der Waals surface area contributed by atoms with Crippen LogP contribution < -0.4 is 0 Å². The fourth-order valence-corrected chi connectivity index (χ4v) is 5.00. The third-order valence-corrected chi connectivity index (χ3v) is 7.88. The average Bonchev–Trinajstić information content (AvgIpc) is 3.25. The average molecular weight is 916 g/mol. The number of allylic oxidation sites excluding steroid dienone is 3. The number of ether oxygens (including phenoxy) is 4. The number of aldehydes is 1. The van der Waals surface area contributed by atoms with E-state index in [1.807, 2.05) is 80.6 Å². The van der Waals surface area contributed by atoms with Gasteiger partial charge in [0.25, 0.3) is 0 Å². The Bertz CT molecular complexity index is 2000. The number of aromatic hydroxyl groups is 2. The van der Waals surface area contributed by atoms with E-state index in [1.54, 1.807) is 39.0 Å². The van der Waals surface area contributed by atoms with Crippen molar-refractivity contribution in [2.45, 2.75) is 59.7 Å². The van der Waals surface area contributed by atoms with Gasteiger partial charge in [0, 0.05) is 24.0 Å². The van der Waals surface area contributed by atoms with Crippen LogP contribution in [0.5, 0.6) is 11.5 Å². The minimum absolute atomic E-state index is 0.142. The summed E-state index contributed by atoms with van der Waals surface area (Å²) in [6.45, 7) is 24.5. The van der Waals surface area contributed by atoms with Gasteiger partial charge in [-0.3, -0.25) is 4.79 Å². The van der Waals surface area contributed by atoms with Crippen molar-refractivity contribution in [3.63, 3.8) is 0 Å². The van der Waals surface area contributed by atoms with Crippen LogP contribution >= 0.6 is 18.6 Å². The van der Waals surface area contributed by atoms with Gasteiger partial charge in [-0.05, 0) is 68.3 Å². The van der Waals surface area contributed by atoms with Crippen LogP contribution in [0.15, 0.2) is 134 Å². The monoisotopic (exact) mass is 914 g/mol. The summed E-state index contributed by atoms with van der Waals surface area (Å²) in [6.07, 6.45) is 4.70. The van der Waals surface area contributed by atoms with Gasteiger partial charge in [0.15, 0.2) is 12.2 Å². The summed E-state index contributed by atoms with van der Waals surface area (Å²) in [7, 11) is 9.78. The number of carbonyl (C=O) groups is 4. The molecular formula is C47H56Cl2O11Ti. The summed E-state index contributed by atoms with van der Waals surface area (Å²) in [5.41, 5.74) is 4.18. The van der Waals surface area contributed by atoms with Gasteiger partial charge in [-0.1, -0.05) is 122 Å². The second-order valence-electron chi connectivity index (χ2n) is 12.5. The number of aliphatic hydroxyl groups excluding tert-OH is 1. The normalized spacial score (nSPS) is 12.5. The first-order valence-electron chi connectivity index (χ1n) is 19.0. The summed E-state index contributed by atoms with van der Waals surface area (Å²) >= 11 is -0.556. The molecule has 61 heavy (non-hydrogen) atoms. The van der Waals surface area contributed by atoms with Crippen molar-refractivity contribution in [3.05, 3.63) is 134 Å². The molecule has 0 aromatic heterocycles. The van der Waals surface area contributed by atoms with Crippen LogP contribution in [-0.4, -0.2) is 78.1 Å². The number of halogens is 2. The Kier molecular flexibility index (Phi) is 30.0. The first kappa shape index (κ1) is 56.0. The molecule has 0 unspecified atom stereocenters. The van der Waals surface area contributed by atoms with Crippen molar-refractivity contribution in [1.29, 1.82) is 0 Å². The van der Waals surface area contributed by atoms with E-state index in [0.29, 0.717) is 36.3 Å². The Labute approximate surface area is 375 Å². The van der Waals surface area contributed by atoms with Gasteiger partial charge in [-0.25, -0.2) is 14.4 Å². The molecule has 4 aromatic rings. The van der Waals surface area contributed by atoms with Crippen molar-refractivity contribution >= 4 is 64.3 Å². The summed E-state index contributed by atoms with van der Waals surface area (Å²) in [6, 6.07) is 22.9. The molecule has 14 heteroatoms. The first-order valence-corrected chi connectivity index (χ1v) is 23.3. The van der Waals surface area contributed by atoms with Gasteiger partial charge in [0.1, 0.15) is 11.5 Å². The van der Waals surface area contributed by atoms with Crippen LogP contribution in [-0.2, 0) is 55.2 Å². The number of phenols is 2.